The fourth-order valence-corrected chi connectivity index (χ4v) is 1.42. The summed E-state index contributed by atoms with van der Waals surface area (Å²) in [5.74, 6) is 0. The molecule has 2 rings (SSSR count). The van der Waals surface area contributed by atoms with Gasteiger partial charge in [-0.3, -0.25) is 9.98 Å². The Kier molecular flexibility index (Phi) is 2.15. The first-order valence-corrected chi connectivity index (χ1v) is 4.40. The molecule has 1 aliphatic heterocycles. The molecule has 0 saturated heterocycles. The molecule has 0 aliphatic carbocycles. The molecular formula is C10H12N4. The van der Waals surface area contributed by atoms with Crippen molar-refractivity contribution in [1.29, 1.82) is 0 Å². The first-order valence-electron chi connectivity index (χ1n) is 4.40. The lowest BCUT2D eigenvalue weighted by Crippen LogP contribution is -2.53. The predicted molar refractivity (Wildman–Crippen MR) is 55.7 cm³/mol. The van der Waals surface area contributed by atoms with E-state index in [0.29, 0.717) is 0 Å². The summed E-state index contributed by atoms with van der Waals surface area (Å²) in [6, 6.07) is 5.27. The summed E-state index contributed by atoms with van der Waals surface area (Å²) in [6.07, 6.45) is 6.77. The van der Waals surface area contributed by atoms with Gasteiger partial charge in [0.15, 0.2) is 0 Å². The summed E-state index contributed by atoms with van der Waals surface area (Å²) < 4.78 is 0. The van der Waals surface area contributed by atoms with Crippen LogP contribution in [0.4, 0.5) is 0 Å². The molecule has 1 aromatic rings. The highest BCUT2D eigenvalue weighted by Crippen LogP contribution is 2.22. The van der Waals surface area contributed by atoms with Gasteiger partial charge in [0.2, 0.25) is 0 Å². The minimum Gasteiger partial charge on any atom is -0.321 e. The molecule has 0 aromatic carbocycles. The van der Waals surface area contributed by atoms with Crippen molar-refractivity contribution in [3.05, 3.63) is 42.4 Å². The molecule has 4 nitrogen and oxygen atoms in total. The van der Waals surface area contributed by atoms with Crippen molar-refractivity contribution in [2.75, 3.05) is 0 Å². The van der Waals surface area contributed by atoms with E-state index < -0.39 is 5.54 Å². The number of aromatic nitrogens is 1. The molecule has 2 unspecified atom stereocenters. The van der Waals surface area contributed by atoms with E-state index in [0.717, 1.165) is 5.69 Å². The molecule has 0 saturated carbocycles. The van der Waals surface area contributed by atoms with Crippen molar-refractivity contribution in [1.82, 2.24) is 4.98 Å². The summed E-state index contributed by atoms with van der Waals surface area (Å²) in [6.45, 7) is 0. The van der Waals surface area contributed by atoms with Crippen molar-refractivity contribution >= 4 is 6.21 Å². The van der Waals surface area contributed by atoms with E-state index >= 15 is 0 Å². The van der Waals surface area contributed by atoms with E-state index in [1.807, 2.05) is 18.2 Å². The topological polar surface area (TPSA) is 77.3 Å². The standard InChI is InChI=1S/C10H12N4/c11-8-7-13-6-4-10(8,12)9-3-1-2-5-14-9/h1-8H,11-12H2. The largest absolute Gasteiger partial charge is 0.321 e. The molecule has 0 fully saturated rings. The third-order valence-corrected chi connectivity index (χ3v) is 2.34. The number of aliphatic imine (C=N–C) groups is 1. The second-order valence-corrected chi connectivity index (χ2v) is 3.29. The van der Waals surface area contributed by atoms with Gasteiger partial charge in [-0.25, -0.2) is 0 Å². The van der Waals surface area contributed by atoms with Crippen LogP contribution in [0.15, 0.2) is 41.7 Å². The van der Waals surface area contributed by atoms with Crippen LogP contribution in [0.25, 0.3) is 0 Å². The van der Waals surface area contributed by atoms with Crippen LogP contribution >= 0.6 is 0 Å². The molecule has 14 heavy (non-hydrogen) atoms. The van der Waals surface area contributed by atoms with Crippen molar-refractivity contribution in [3.8, 4) is 0 Å². The van der Waals surface area contributed by atoms with Gasteiger partial charge in [-0.2, -0.15) is 0 Å². The van der Waals surface area contributed by atoms with Gasteiger partial charge in [0.1, 0.15) is 0 Å². The number of nitrogens with zero attached hydrogens (tertiary/aromatic N) is 2. The van der Waals surface area contributed by atoms with Crippen molar-refractivity contribution in [2.24, 2.45) is 16.5 Å². The van der Waals surface area contributed by atoms with Crippen molar-refractivity contribution in [3.63, 3.8) is 0 Å². The summed E-state index contributed by atoms with van der Waals surface area (Å²) in [4.78, 5) is 8.15. The molecule has 0 amide bonds. The lowest BCUT2D eigenvalue weighted by Gasteiger charge is -2.30. The molecule has 2 atom stereocenters. The highest BCUT2D eigenvalue weighted by molar-refractivity contribution is 5.70. The third kappa shape index (κ3) is 1.34. The zero-order valence-electron chi connectivity index (χ0n) is 7.67. The molecule has 2 heterocycles. The Labute approximate surface area is 82.4 Å². The molecule has 0 spiro atoms. The van der Waals surface area contributed by atoms with Crippen LogP contribution in [0.5, 0.6) is 0 Å². The second kappa shape index (κ2) is 3.32. The van der Waals surface area contributed by atoms with Crippen LogP contribution in [0.2, 0.25) is 0 Å². The summed E-state index contributed by atoms with van der Waals surface area (Å²) in [7, 11) is 0. The molecule has 0 bridgehead atoms. The molecule has 4 N–H and O–H groups in total. The minimum absolute atomic E-state index is 0.331. The Hall–Kier alpha value is -1.52. The summed E-state index contributed by atoms with van der Waals surface area (Å²) in [5, 5.41) is 0. The van der Waals surface area contributed by atoms with E-state index in [4.69, 9.17) is 11.5 Å². The van der Waals surface area contributed by atoms with Crippen LogP contribution in [0, 0.1) is 0 Å². The van der Waals surface area contributed by atoms with E-state index in [1.54, 1.807) is 24.7 Å². The number of nitrogens with two attached hydrogens (primary N) is 2. The molecule has 72 valence electrons. The Balaban J connectivity index is 2.42. The maximum absolute atomic E-state index is 6.16. The average molecular weight is 188 g/mol. The van der Waals surface area contributed by atoms with Gasteiger partial charge in [0.25, 0.3) is 0 Å². The van der Waals surface area contributed by atoms with Gasteiger partial charge < -0.3 is 11.5 Å². The van der Waals surface area contributed by atoms with E-state index in [9.17, 15) is 0 Å². The molecule has 1 aromatic heterocycles. The molecule has 1 aliphatic rings. The van der Waals surface area contributed by atoms with Crippen LogP contribution < -0.4 is 11.5 Å². The Morgan fingerprint density at radius 1 is 1.36 bits per heavy atom. The lowest BCUT2D eigenvalue weighted by atomic mass is 9.87. The van der Waals surface area contributed by atoms with Crippen LogP contribution in [0.3, 0.4) is 0 Å². The maximum Gasteiger partial charge on any atom is 0.0991 e. The Morgan fingerprint density at radius 2 is 2.21 bits per heavy atom. The number of rotatable bonds is 1. The maximum atomic E-state index is 6.16. The quantitative estimate of drug-likeness (QED) is 0.659. The molecule has 0 radical (unpaired) electrons. The summed E-state index contributed by atoms with van der Waals surface area (Å²) in [5.41, 5.74) is 12.1. The van der Waals surface area contributed by atoms with Gasteiger partial charge in [0, 0.05) is 18.6 Å². The van der Waals surface area contributed by atoms with Gasteiger partial charge in [-0.1, -0.05) is 6.07 Å². The van der Waals surface area contributed by atoms with Crippen molar-refractivity contribution in [2.45, 2.75) is 11.6 Å². The van der Waals surface area contributed by atoms with Crippen LogP contribution in [-0.2, 0) is 5.54 Å². The van der Waals surface area contributed by atoms with E-state index in [2.05, 4.69) is 9.98 Å². The van der Waals surface area contributed by atoms with Gasteiger partial charge >= 0.3 is 0 Å². The first-order chi connectivity index (χ1) is 6.73. The predicted octanol–water partition coefficient (Wildman–Crippen LogP) is 0.161. The number of hydrogen-bond acceptors (Lipinski definition) is 4. The smallest absolute Gasteiger partial charge is 0.0991 e. The number of pyridine rings is 1. The molecule has 4 heteroatoms. The van der Waals surface area contributed by atoms with Crippen LogP contribution in [-0.4, -0.2) is 17.2 Å². The minimum atomic E-state index is -0.733. The van der Waals surface area contributed by atoms with Gasteiger partial charge in [-0.15, -0.1) is 0 Å². The zero-order valence-corrected chi connectivity index (χ0v) is 7.67. The van der Waals surface area contributed by atoms with E-state index in [-0.39, 0.29) is 6.04 Å². The third-order valence-electron chi connectivity index (χ3n) is 2.34. The Morgan fingerprint density at radius 3 is 2.86 bits per heavy atom. The van der Waals surface area contributed by atoms with Crippen LogP contribution in [0.1, 0.15) is 5.69 Å². The summed E-state index contributed by atoms with van der Waals surface area (Å²) >= 11 is 0. The Bertz CT molecular complexity index is 371. The highest BCUT2D eigenvalue weighted by Gasteiger charge is 2.33. The van der Waals surface area contributed by atoms with Gasteiger partial charge in [-0.05, 0) is 18.2 Å². The first kappa shape index (κ1) is 9.05. The highest BCUT2D eigenvalue weighted by atomic mass is 14.9. The van der Waals surface area contributed by atoms with Gasteiger partial charge in [0.05, 0.1) is 17.3 Å². The SMILES string of the molecule is NC1C=NC=CC1(N)c1ccccn1. The second-order valence-electron chi connectivity index (χ2n) is 3.29. The van der Waals surface area contributed by atoms with E-state index in [1.165, 1.54) is 0 Å². The fraction of sp³-hybridized carbons (Fsp3) is 0.200. The monoisotopic (exact) mass is 188 g/mol. The van der Waals surface area contributed by atoms with Crippen molar-refractivity contribution < 1.29 is 0 Å². The fourth-order valence-electron chi connectivity index (χ4n) is 1.42. The zero-order chi connectivity index (χ0) is 10.0. The molecular weight excluding hydrogens is 176 g/mol. The normalized spacial score (nSPS) is 30.6. The number of hydrogen-bond donors (Lipinski definition) is 2. The average Bonchev–Trinajstić information content (AvgIpc) is 2.24. The lowest BCUT2D eigenvalue weighted by molar-refractivity contribution is 0.501.